The minimum Gasteiger partial charge on any atom is -0.493 e. The number of amides is 2. The molecule has 6 nitrogen and oxygen atoms in total. The van der Waals surface area contributed by atoms with E-state index in [9.17, 15) is 4.79 Å². The van der Waals surface area contributed by atoms with Gasteiger partial charge in [-0.1, -0.05) is 23.7 Å². The third-order valence-electron chi connectivity index (χ3n) is 7.27. The van der Waals surface area contributed by atoms with Gasteiger partial charge in [-0.05, 0) is 81.6 Å². The molecule has 0 radical (unpaired) electrons. The van der Waals surface area contributed by atoms with Crippen LogP contribution in [-0.4, -0.2) is 50.8 Å². The van der Waals surface area contributed by atoms with Gasteiger partial charge >= 0.3 is 6.03 Å². The largest absolute Gasteiger partial charge is 0.493 e. The molecule has 2 fully saturated rings. The lowest BCUT2D eigenvalue weighted by Crippen LogP contribution is -2.52. The van der Waals surface area contributed by atoms with Crippen LogP contribution >= 0.6 is 11.6 Å². The highest BCUT2D eigenvalue weighted by Gasteiger charge is 2.50. The molecule has 2 aromatic rings. The Bertz CT molecular complexity index is 998. The van der Waals surface area contributed by atoms with Crippen molar-refractivity contribution in [3.8, 4) is 11.5 Å². The molecule has 3 atom stereocenters. The molecule has 2 N–H and O–H groups in total. The topological polar surface area (TPSA) is 62.8 Å². The number of fused-ring (bicyclic) bond motifs is 1. The van der Waals surface area contributed by atoms with Crippen LogP contribution < -0.4 is 20.1 Å². The van der Waals surface area contributed by atoms with Crippen LogP contribution in [0.4, 0.5) is 10.5 Å². The lowest BCUT2D eigenvalue weighted by atomic mass is 9.65. The molecule has 2 aliphatic rings. The van der Waals surface area contributed by atoms with Crippen LogP contribution in [0.5, 0.6) is 11.5 Å². The van der Waals surface area contributed by atoms with Crippen molar-refractivity contribution in [1.29, 1.82) is 0 Å². The van der Waals surface area contributed by atoms with Crippen LogP contribution in [0.1, 0.15) is 36.8 Å². The lowest BCUT2D eigenvalue weighted by Gasteiger charge is -2.45. The van der Waals surface area contributed by atoms with Gasteiger partial charge in [0, 0.05) is 28.2 Å². The number of nitrogens with zero attached hydrogens (tertiary/aromatic N) is 1. The van der Waals surface area contributed by atoms with E-state index >= 15 is 0 Å². The summed E-state index contributed by atoms with van der Waals surface area (Å²) in [7, 11) is 5.53. The summed E-state index contributed by atoms with van der Waals surface area (Å²) in [5.74, 6) is 1.52. The van der Waals surface area contributed by atoms with Crippen LogP contribution in [-0.2, 0) is 5.41 Å². The van der Waals surface area contributed by atoms with Gasteiger partial charge in [-0.25, -0.2) is 4.79 Å². The molecule has 4 rings (SSSR count). The van der Waals surface area contributed by atoms with Crippen molar-refractivity contribution in [2.45, 2.75) is 50.1 Å². The molecule has 172 valence electrons. The second kappa shape index (κ2) is 9.20. The van der Waals surface area contributed by atoms with E-state index in [2.05, 4.69) is 34.7 Å². The summed E-state index contributed by atoms with van der Waals surface area (Å²) >= 11 is 6.09. The minimum absolute atomic E-state index is 0.0620. The van der Waals surface area contributed by atoms with Gasteiger partial charge in [-0.15, -0.1) is 0 Å². The zero-order valence-corrected chi connectivity index (χ0v) is 20.0. The highest BCUT2D eigenvalue weighted by atomic mass is 35.5. The van der Waals surface area contributed by atoms with Crippen molar-refractivity contribution in [2.75, 3.05) is 33.1 Å². The number of nitrogens with one attached hydrogen (secondary N) is 2. The molecular formula is C25H32ClN3O3. The summed E-state index contributed by atoms with van der Waals surface area (Å²) < 4.78 is 11.0. The first-order valence-electron chi connectivity index (χ1n) is 11.1. The second-order valence-electron chi connectivity index (χ2n) is 9.00. The zero-order chi connectivity index (χ0) is 22.9. The molecule has 0 unspecified atom stereocenters. The maximum atomic E-state index is 12.7. The maximum Gasteiger partial charge on any atom is 0.319 e. The molecule has 32 heavy (non-hydrogen) atoms. The number of likely N-dealkylation sites (N-methyl/N-ethyl adjacent to an activating group) is 1. The highest BCUT2D eigenvalue weighted by Crippen LogP contribution is 2.49. The summed E-state index contributed by atoms with van der Waals surface area (Å²) in [5.41, 5.74) is 3.08. The Balaban J connectivity index is 1.49. The molecule has 0 spiro atoms. The molecule has 1 aliphatic heterocycles. The Hall–Kier alpha value is -2.44. The number of hydrogen-bond acceptors (Lipinski definition) is 4. The Morgan fingerprint density at radius 1 is 1.12 bits per heavy atom. The second-order valence-corrected chi connectivity index (χ2v) is 9.44. The number of carbonyl (C=O) groups is 1. The Morgan fingerprint density at radius 3 is 2.66 bits per heavy atom. The molecular weight excluding hydrogens is 426 g/mol. The van der Waals surface area contributed by atoms with Gasteiger partial charge in [-0.3, -0.25) is 0 Å². The van der Waals surface area contributed by atoms with Gasteiger partial charge in [0.2, 0.25) is 0 Å². The van der Waals surface area contributed by atoms with Crippen molar-refractivity contribution in [2.24, 2.45) is 0 Å². The molecule has 2 amide bonds. The average Bonchev–Trinajstić information content (AvgIpc) is 3.13. The van der Waals surface area contributed by atoms with E-state index in [1.54, 1.807) is 20.3 Å². The average molecular weight is 458 g/mol. The van der Waals surface area contributed by atoms with Crippen molar-refractivity contribution in [1.82, 2.24) is 10.2 Å². The van der Waals surface area contributed by atoms with E-state index in [4.69, 9.17) is 21.1 Å². The predicted octanol–water partition coefficient (Wildman–Crippen LogP) is 4.98. The van der Waals surface area contributed by atoms with Crippen molar-refractivity contribution in [3.05, 3.63) is 52.5 Å². The Kier molecular flexibility index (Phi) is 6.54. The van der Waals surface area contributed by atoms with Gasteiger partial charge in [0.15, 0.2) is 11.5 Å². The van der Waals surface area contributed by atoms with Gasteiger partial charge in [0.25, 0.3) is 0 Å². The number of carbonyl (C=O) groups excluding carboxylic acids is 1. The first-order valence-corrected chi connectivity index (χ1v) is 11.5. The summed E-state index contributed by atoms with van der Waals surface area (Å²) in [6, 6.07) is 12.1. The molecule has 1 saturated heterocycles. The van der Waals surface area contributed by atoms with E-state index in [1.807, 2.05) is 25.1 Å². The number of methoxy groups -OCH3 is 2. The molecule has 7 heteroatoms. The van der Waals surface area contributed by atoms with Crippen molar-refractivity contribution >= 4 is 23.3 Å². The van der Waals surface area contributed by atoms with E-state index in [-0.39, 0.29) is 17.5 Å². The number of rotatable bonds is 5. The van der Waals surface area contributed by atoms with E-state index < -0.39 is 0 Å². The molecule has 1 aliphatic carbocycles. The third-order valence-corrected chi connectivity index (χ3v) is 7.50. The standard InChI is InChI=1S/C25H32ClN3O3/c1-16-5-7-18(26)14-20(16)28-24(30)27-19-9-10-25(11-12-29(2)23(25)15-19)17-6-8-21(31-3)22(13-17)32-4/h5-8,13-14,19,23H,9-12,15H2,1-4H3,(H2,27,28,30)/t19-,23+,25-/m0/s1. The van der Waals surface area contributed by atoms with Crippen molar-refractivity contribution < 1.29 is 14.3 Å². The number of hydrogen-bond donors (Lipinski definition) is 2. The van der Waals surface area contributed by atoms with E-state index in [1.165, 1.54) is 5.56 Å². The number of likely N-dealkylation sites (tertiary alicyclic amines) is 1. The molecule has 0 bridgehead atoms. The van der Waals surface area contributed by atoms with E-state index in [0.717, 1.165) is 55.0 Å². The van der Waals surface area contributed by atoms with Crippen LogP contribution in [0.25, 0.3) is 0 Å². The van der Waals surface area contributed by atoms with Crippen LogP contribution in [0, 0.1) is 6.92 Å². The summed E-state index contributed by atoms with van der Waals surface area (Å²) in [5, 5.41) is 6.76. The van der Waals surface area contributed by atoms with E-state index in [0.29, 0.717) is 11.1 Å². The molecule has 1 saturated carbocycles. The predicted molar refractivity (Wildman–Crippen MR) is 128 cm³/mol. The SMILES string of the molecule is COc1ccc([C@@]23CC[C@H](NC(=O)Nc4cc(Cl)ccc4C)C[C@H]2N(C)CC3)cc1OC. The number of benzene rings is 2. The smallest absolute Gasteiger partial charge is 0.319 e. The fourth-order valence-electron chi connectivity index (χ4n) is 5.47. The Labute approximate surface area is 195 Å². The van der Waals surface area contributed by atoms with Crippen LogP contribution in [0.3, 0.4) is 0 Å². The quantitative estimate of drug-likeness (QED) is 0.664. The van der Waals surface area contributed by atoms with Gasteiger partial charge in [0.1, 0.15) is 0 Å². The van der Waals surface area contributed by atoms with Crippen LogP contribution in [0.2, 0.25) is 5.02 Å². The Morgan fingerprint density at radius 2 is 1.91 bits per heavy atom. The number of urea groups is 1. The number of ether oxygens (including phenoxy) is 2. The number of halogens is 1. The highest BCUT2D eigenvalue weighted by molar-refractivity contribution is 6.31. The summed E-state index contributed by atoms with van der Waals surface area (Å²) in [6.07, 6.45) is 3.95. The molecule has 0 aromatic heterocycles. The number of aryl methyl sites for hydroxylation is 1. The van der Waals surface area contributed by atoms with Gasteiger partial charge in [0.05, 0.1) is 14.2 Å². The lowest BCUT2D eigenvalue weighted by molar-refractivity contribution is 0.156. The summed E-state index contributed by atoms with van der Waals surface area (Å²) in [6.45, 7) is 3.00. The first-order chi connectivity index (χ1) is 15.4. The normalized spacial score (nSPS) is 25.2. The van der Waals surface area contributed by atoms with Crippen LogP contribution in [0.15, 0.2) is 36.4 Å². The monoisotopic (exact) mass is 457 g/mol. The summed E-state index contributed by atoms with van der Waals surface area (Å²) in [4.78, 5) is 15.1. The zero-order valence-electron chi connectivity index (χ0n) is 19.2. The first kappa shape index (κ1) is 22.7. The fraction of sp³-hybridized carbons (Fsp3) is 0.480. The maximum absolute atomic E-state index is 12.7. The van der Waals surface area contributed by atoms with Crippen molar-refractivity contribution in [3.63, 3.8) is 0 Å². The minimum atomic E-state index is -0.181. The third kappa shape index (κ3) is 4.26. The van der Waals surface area contributed by atoms with Gasteiger partial charge in [-0.2, -0.15) is 0 Å². The molecule has 1 heterocycles. The fourth-order valence-corrected chi connectivity index (χ4v) is 5.64. The van der Waals surface area contributed by atoms with Gasteiger partial charge < -0.3 is 25.0 Å². The number of anilines is 1. The molecule has 2 aromatic carbocycles.